The van der Waals surface area contributed by atoms with Gasteiger partial charge in [-0.3, -0.25) is 4.79 Å². The van der Waals surface area contributed by atoms with Gasteiger partial charge in [0, 0.05) is 11.5 Å². The van der Waals surface area contributed by atoms with E-state index in [1.165, 1.54) is 25.3 Å². The molecule has 3 nitrogen and oxygen atoms in total. The Morgan fingerprint density at radius 2 is 1.65 bits per heavy atom. The van der Waals surface area contributed by atoms with Crippen LogP contribution in [0.1, 0.15) is 44.1 Å². The van der Waals surface area contributed by atoms with Gasteiger partial charge in [-0.05, 0) is 80.1 Å². The number of hydrogen-bond acceptors (Lipinski definition) is 3. The highest BCUT2D eigenvalue weighted by Crippen LogP contribution is 2.60. The number of hydrogen-bond donors (Lipinski definition) is 0. The third-order valence-corrected chi connectivity index (χ3v) is 7.07. The summed E-state index contributed by atoms with van der Waals surface area (Å²) in [7, 11) is 0. The Kier molecular flexibility index (Phi) is 4.87. The Morgan fingerprint density at radius 3 is 2.23 bits per heavy atom. The van der Waals surface area contributed by atoms with Crippen LogP contribution in [0.5, 0.6) is 0 Å². The predicted molar refractivity (Wildman–Crippen MR) is 102 cm³/mol. The van der Waals surface area contributed by atoms with E-state index in [-0.39, 0.29) is 17.8 Å². The Balaban J connectivity index is 1.33. The minimum absolute atomic E-state index is 0.114. The summed E-state index contributed by atoms with van der Waals surface area (Å²) in [5, 5.41) is 0.895. The molecular formula is C21H22Cl2O3. The highest BCUT2D eigenvalue weighted by molar-refractivity contribution is 6.42. The highest BCUT2D eigenvalue weighted by atomic mass is 35.5. The number of ether oxygens (including phenoxy) is 1. The van der Waals surface area contributed by atoms with Crippen molar-refractivity contribution in [2.45, 2.75) is 38.5 Å². The Hall–Kier alpha value is -1.32. The fourth-order valence-electron chi connectivity index (χ4n) is 5.57. The van der Waals surface area contributed by atoms with Crippen molar-refractivity contribution < 1.29 is 14.3 Å². The quantitative estimate of drug-likeness (QED) is 0.501. The van der Waals surface area contributed by atoms with E-state index in [0.717, 1.165) is 24.8 Å². The average molecular weight is 393 g/mol. The molecule has 138 valence electrons. The van der Waals surface area contributed by atoms with Crippen molar-refractivity contribution in [3.8, 4) is 0 Å². The van der Waals surface area contributed by atoms with Gasteiger partial charge in [0.1, 0.15) is 0 Å². The second-order valence-corrected chi connectivity index (χ2v) is 9.05. The first-order valence-corrected chi connectivity index (χ1v) is 10.0. The van der Waals surface area contributed by atoms with E-state index in [1.54, 1.807) is 24.3 Å². The van der Waals surface area contributed by atoms with Crippen molar-refractivity contribution in [3.05, 3.63) is 39.9 Å². The van der Waals surface area contributed by atoms with E-state index in [2.05, 4.69) is 0 Å². The van der Waals surface area contributed by atoms with Crippen molar-refractivity contribution in [1.82, 2.24) is 0 Å². The van der Waals surface area contributed by atoms with E-state index < -0.39 is 5.97 Å². The van der Waals surface area contributed by atoms with Crippen LogP contribution in [0.4, 0.5) is 0 Å². The molecule has 0 aliphatic heterocycles. The normalized spacial score (nSPS) is 32.2. The molecule has 0 N–H and O–H groups in total. The van der Waals surface area contributed by atoms with Crippen LogP contribution in [0.2, 0.25) is 10.0 Å². The monoisotopic (exact) mass is 392 g/mol. The smallest absolute Gasteiger partial charge is 0.331 e. The van der Waals surface area contributed by atoms with Gasteiger partial charge in [-0.2, -0.15) is 0 Å². The summed E-state index contributed by atoms with van der Waals surface area (Å²) in [6.07, 6.45) is 9.79. The summed E-state index contributed by atoms with van der Waals surface area (Å²) in [6, 6.07) is 5.11. The number of carbonyl (C=O) groups is 2. The van der Waals surface area contributed by atoms with E-state index in [4.69, 9.17) is 27.9 Å². The van der Waals surface area contributed by atoms with E-state index in [1.807, 2.05) is 0 Å². The van der Waals surface area contributed by atoms with E-state index in [9.17, 15) is 9.59 Å². The molecule has 0 saturated heterocycles. The van der Waals surface area contributed by atoms with Gasteiger partial charge in [0.05, 0.1) is 10.0 Å². The molecule has 1 aromatic rings. The molecule has 1 aromatic carbocycles. The van der Waals surface area contributed by atoms with Gasteiger partial charge in [0.2, 0.25) is 0 Å². The Labute approximate surface area is 163 Å². The van der Waals surface area contributed by atoms with E-state index in [0.29, 0.717) is 27.8 Å². The van der Waals surface area contributed by atoms with Gasteiger partial charge in [-0.15, -0.1) is 0 Å². The summed E-state index contributed by atoms with van der Waals surface area (Å²) >= 11 is 11.8. The molecule has 5 heteroatoms. The van der Waals surface area contributed by atoms with Gasteiger partial charge in [-0.25, -0.2) is 4.79 Å². The predicted octanol–water partition coefficient (Wildman–Crippen LogP) is 5.34. The van der Waals surface area contributed by atoms with Gasteiger partial charge in [0.25, 0.3) is 0 Å². The molecule has 0 amide bonds. The third kappa shape index (κ3) is 3.57. The summed E-state index contributed by atoms with van der Waals surface area (Å²) in [6.45, 7) is -0.114. The van der Waals surface area contributed by atoms with Crippen LogP contribution in [-0.2, 0) is 14.3 Å². The number of esters is 1. The molecule has 4 fully saturated rings. The molecule has 26 heavy (non-hydrogen) atoms. The standard InChI is InChI=1S/C21H22Cl2O3/c22-17-3-1-13(8-18(17)23)2-4-20(25)26-12-19(24)21-9-14-5-15(10-21)7-16(6-14)11-21/h1-4,8,14-16H,5-7,9-12H2. The number of Topliss-reactive ketones (excluding diaryl/α,β-unsaturated/α-hetero) is 1. The maximum Gasteiger partial charge on any atom is 0.331 e. The molecule has 0 unspecified atom stereocenters. The summed E-state index contributed by atoms with van der Waals surface area (Å²) in [4.78, 5) is 24.8. The molecule has 0 atom stereocenters. The van der Waals surface area contributed by atoms with Crippen molar-refractivity contribution in [2.24, 2.45) is 23.2 Å². The molecular weight excluding hydrogens is 371 g/mol. The second kappa shape index (κ2) is 7.01. The largest absolute Gasteiger partial charge is 0.455 e. The third-order valence-electron chi connectivity index (χ3n) is 6.33. The van der Waals surface area contributed by atoms with Gasteiger partial charge >= 0.3 is 5.97 Å². The second-order valence-electron chi connectivity index (χ2n) is 8.24. The zero-order valence-corrected chi connectivity index (χ0v) is 16.1. The summed E-state index contributed by atoms with van der Waals surface area (Å²) < 4.78 is 5.23. The van der Waals surface area contributed by atoms with Gasteiger partial charge in [0.15, 0.2) is 12.4 Å². The molecule has 5 rings (SSSR count). The zero-order valence-electron chi connectivity index (χ0n) is 14.5. The van der Waals surface area contributed by atoms with Gasteiger partial charge < -0.3 is 4.74 Å². The fourth-order valence-corrected chi connectivity index (χ4v) is 5.88. The summed E-state index contributed by atoms with van der Waals surface area (Å²) in [5.41, 5.74) is 0.534. The molecule has 0 radical (unpaired) electrons. The maximum absolute atomic E-state index is 12.8. The topological polar surface area (TPSA) is 43.4 Å². The molecule has 0 spiro atoms. The molecule has 4 saturated carbocycles. The highest BCUT2D eigenvalue weighted by Gasteiger charge is 2.54. The van der Waals surface area contributed by atoms with Crippen LogP contribution in [0, 0.1) is 23.2 Å². The average Bonchev–Trinajstić information content (AvgIpc) is 2.59. The van der Waals surface area contributed by atoms with Crippen LogP contribution in [0.15, 0.2) is 24.3 Å². The van der Waals surface area contributed by atoms with Crippen molar-refractivity contribution in [3.63, 3.8) is 0 Å². The SMILES string of the molecule is O=C(C=Cc1ccc(Cl)c(Cl)c1)OCC(=O)C12CC3CC(CC(C3)C1)C2. The minimum Gasteiger partial charge on any atom is -0.455 e. The molecule has 4 bridgehead atoms. The molecule has 0 aromatic heterocycles. The lowest BCUT2D eigenvalue weighted by Crippen LogP contribution is -2.51. The zero-order chi connectivity index (χ0) is 18.3. The van der Waals surface area contributed by atoms with Crippen molar-refractivity contribution in [1.29, 1.82) is 0 Å². The Morgan fingerprint density at radius 1 is 1.04 bits per heavy atom. The number of benzene rings is 1. The lowest BCUT2D eigenvalue weighted by molar-refractivity contribution is -0.155. The van der Waals surface area contributed by atoms with Crippen LogP contribution >= 0.6 is 23.2 Å². The van der Waals surface area contributed by atoms with Crippen molar-refractivity contribution >= 4 is 41.0 Å². The lowest BCUT2D eigenvalue weighted by atomic mass is 9.48. The lowest BCUT2D eigenvalue weighted by Gasteiger charge is -2.55. The number of rotatable bonds is 5. The number of halogens is 2. The number of carbonyl (C=O) groups excluding carboxylic acids is 2. The molecule has 4 aliphatic rings. The minimum atomic E-state index is -0.505. The first-order valence-electron chi connectivity index (χ1n) is 9.27. The van der Waals surface area contributed by atoms with Crippen molar-refractivity contribution in [2.75, 3.05) is 6.61 Å². The first-order chi connectivity index (χ1) is 12.4. The van der Waals surface area contributed by atoms with Crippen LogP contribution < -0.4 is 0 Å². The van der Waals surface area contributed by atoms with Gasteiger partial charge in [-0.1, -0.05) is 29.3 Å². The van der Waals surface area contributed by atoms with Crippen LogP contribution in [-0.4, -0.2) is 18.4 Å². The molecule has 4 aliphatic carbocycles. The van der Waals surface area contributed by atoms with Crippen LogP contribution in [0.25, 0.3) is 6.08 Å². The van der Waals surface area contributed by atoms with E-state index >= 15 is 0 Å². The summed E-state index contributed by atoms with van der Waals surface area (Å²) in [5.74, 6) is 1.73. The number of ketones is 1. The van der Waals surface area contributed by atoms with Crippen LogP contribution in [0.3, 0.4) is 0 Å². The first kappa shape index (κ1) is 18.1. The molecule has 0 heterocycles. The maximum atomic E-state index is 12.8. The fraction of sp³-hybridized carbons (Fsp3) is 0.524. The Bertz CT molecular complexity index is 733.